The van der Waals surface area contributed by atoms with Crippen LogP contribution in [-0.2, 0) is 4.74 Å². The fraction of sp³-hybridized carbons (Fsp3) is 0.474. The predicted octanol–water partition coefficient (Wildman–Crippen LogP) is 5.40. The minimum absolute atomic E-state index is 0.587. The molecule has 0 radical (unpaired) electrons. The normalized spacial score (nSPS) is 13.0. The first-order valence-corrected chi connectivity index (χ1v) is 7.74. The second-order valence-electron chi connectivity index (χ2n) is 6.08. The van der Waals surface area contributed by atoms with Gasteiger partial charge in [-0.3, -0.25) is 0 Å². The Labute approximate surface area is 123 Å². The molecule has 0 heterocycles. The molecule has 0 aliphatic heterocycles. The highest BCUT2D eigenvalue weighted by Crippen LogP contribution is 2.28. The van der Waals surface area contributed by atoms with Gasteiger partial charge >= 0.3 is 0 Å². The molecule has 2 aromatic rings. The van der Waals surface area contributed by atoms with Crippen molar-refractivity contribution in [1.29, 1.82) is 0 Å². The number of hydrogen-bond donors (Lipinski definition) is 0. The monoisotopic (exact) mass is 270 g/mol. The minimum Gasteiger partial charge on any atom is -0.381 e. The van der Waals surface area contributed by atoms with Crippen molar-refractivity contribution in [3.8, 4) is 0 Å². The predicted molar refractivity (Wildman–Crippen MR) is 87.3 cm³/mol. The van der Waals surface area contributed by atoms with Gasteiger partial charge in [0.25, 0.3) is 0 Å². The summed E-state index contributed by atoms with van der Waals surface area (Å²) in [7, 11) is 0. The smallest absolute Gasteiger partial charge is 0.0488 e. The van der Waals surface area contributed by atoms with Gasteiger partial charge < -0.3 is 4.74 Å². The number of hydrogen-bond acceptors (Lipinski definition) is 1. The van der Waals surface area contributed by atoms with Gasteiger partial charge in [-0.25, -0.2) is 0 Å². The van der Waals surface area contributed by atoms with Crippen LogP contribution in [-0.4, -0.2) is 13.2 Å². The molecule has 0 N–H and O–H groups in total. The molecule has 0 aliphatic rings. The van der Waals surface area contributed by atoms with Crippen molar-refractivity contribution in [2.75, 3.05) is 13.2 Å². The average molecular weight is 270 g/mol. The van der Waals surface area contributed by atoms with Crippen LogP contribution in [0.3, 0.4) is 0 Å². The number of ether oxygens (including phenoxy) is 1. The van der Waals surface area contributed by atoms with E-state index in [4.69, 9.17) is 4.74 Å². The van der Waals surface area contributed by atoms with E-state index in [-0.39, 0.29) is 0 Å². The molecular formula is C19H26O. The maximum atomic E-state index is 5.67. The van der Waals surface area contributed by atoms with Crippen molar-refractivity contribution in [3.63, 3.8) is 0 Å². The van der Waals surface area contributed by atoms with Gasteiger partial charge in [0.15, 0.2) is 0 Å². The number of rotatable bonds is 7. The summed E-state index contributed by atoms with van der Waals surface area (Å²) in [6, 6.07) is 15.3. The zero-order chi connectivity index (χ0) is 14.4. The third-order valence-corrected chi connectivity index (χ3v) is 3.73. The lowest BCUT2D eigenvalue weighted by atomic mass is 9.92. The van der Waals surface area contributed by atoms with E-state index in [1.165, 1.54) is 22.8 Å². The van der Waals surface area contributed by atoms with Crippen LogP contribution < -0.4 is 0 Å². The van der Waals surface area contributed by atoms with Crippen LogP contribution in [0, 0.1) is 5.92 Å². The topological polar surface area (TPSA) is 9.23 Å². The molecule has 1 unspecified atom stereocenters. The largest absolute Gasteiger partial charge is 0.381 e. The molecule has 108 valence electrons. The lowest BCUT2D eigenvalue weighted by Crippen LogP contribution is -2.04. The Bertz CT molecular complexity index is 525. The Morgan fingerprint density at radius 1 is 0.950 bits per heavy atom. The summed E-state index contributed by atoms with van der Waals surface area (Å²) >= 11 is 0. The van der Waals surface area contributed by atoms with E-state index in [0.717, 1.165) is 19.6 Å². The van der Waals surface area contributed by atoms with Crippen molar-refractivity contribution in [3.05, 3.63) is 48.0 Å². The van der Waals surface area contributed by atoms with Gasteiger partial charge in [-0.1, -0.05) is 63.2 Å². The average Bonchev–Trinajstić information content (AvgIpc) is 2.45. The fourth-order valence-corrected chi connectivity index (χ4v) is 2.65. The van der Waals surface area contributed by atoms with Gasteiger partial charge in [0.2, 0.25) is 0 Å². The van der Waals surface area contributed by atoms with Crippen molar-refractivity contribution in [1.82, 2.24) is 0 Å². The highest BCUT2D eigenvalue weighted by Gasteiger charge is 2.08. The SMILES string of the molecule is CC(C)COCCCC(C)c1cccc2ccccc12. The van der Waals surface area contributed by atoms with Crippen molar-refractivity contribution >= 4 is 10.8 Å². The second-order valence-corrected chi connectivity index (χ2v) is 6.08. The van der Waals surface area contributed by atoms with E-state index in [0.29, 0.717) is 11.8 Å². The molecule has 2 aromatic carbocycles. The van der Waals surface area contributed by atoms with Gasteiger partial charge in [0.1, 0.15) is 0 Å². The molecule has 1 nitrogen and oxygen atoms in total. The molecule has 20 heavy (non-hydrogen) atoms. The summed E-state index contributed by atoms with van der Waals surface area (Å²) in [6.07, 6.45) is 2.32. The van der Waals surface area contributed by atoms with Crippen molar-refractivity contribution in [2.24, 2.45) is 5.92 Å². The first kappa shape index (κ1) is 15.1. The first-order valence-electron chi connectivity index (χ1n) is 7.74. The molecule has 0 bridgehead atoms. The van der Waals surface area contributed by atoms with Crippen molar-refractivity contribution < 1.29 is 4.74 Å². The van der Waals surface area contributed by atoms with Crippen LogP contribution >= 0.6 is 0 Å². The number of fused-ring (bicyclic) bond motifs is 1. The highest BCUT2D eigenvalue weighted by atomic mass is 16.5. The van der Waals surface area contributed by atoms with Gasteiger partial charge in [0.05, 0.1) is 0 Å². The molecule has 0 aromatic heterocycles. The standard InChI is InChI=1S/C19H26O/c1-15(2)14-20-13-7-8-16(3)18-12-6-10-17-9-4-5-11-19(17)18/h4-6,9-12,15-16H,7-8,13-14H2,1-3H3. The van der Waals surface area contributed by atoms with Crippen LogP contribution in [0.25, 0.3) is 10.8 Å². The molecule has 0 saturated heterocycles. The summed E-state index contributed by atoms with van der Waals surface area (Å²) in [5.41, 5.74) is 1.46. The zero-order valence-electron chi connectivity index (χ0n) is 12.9. The van der Waals surface area contributed by atoms with Crippen LogP contribution in [0.4, 0.5) is 0 Å². The van der Waals surface area contributed by atoms with Gasteiger partial charge in [-0.15, -0.1) is 0 Å². The first-order chi connectivity index (χ1) is 9.68. The summed E-state index contributed by atoms with van der Waals surface area (Å²) in [5, 5.41) is 2.73. The van der Waals surface area contributed by atoms with Crippen LogP contribution in [0.15, 0.2) is 42.5 Å². The molecule has 0 saturated carbocycles. The Balaban J connectivity index is 1.92. The Morgan fingerprint density at radius 3 is 2.50 bits per heavy atom. The Kier molecular flexibility index (Phi) is 5.60. The molecule has 1 atom stereocenters. The Morgan fingerprint density at radius 2 is 1.70 bits per heavy atom. The van der Waals surface area contributed by atoms with Gasteiger partial charge in [-0.2, -0.15) is 0 Å². The Hall–Kier alpha value is -1.34. The maximum absolute atomic E-state index is 5.67. The highest BCUT2D eigenvalue weighted by molar-refractivity contribution is 5.86. The third-order valence-electron chi connectivity index (χ3n) is 3.73. The van der Waals surface area contributed by atoms with E-state index in [9.17, 15) is 0 Å². The summed E-state index contributed by atoms with van der Waals surface area (Å²) in [4.78, 5) is 0. The van der Waals surface area contributed by atoms with E-state index in [1.54, 1.807) is 0 Å². The molecular weight excluding hydrogens is 244 g/mol. The number of benzene rings is 2. The molecule has 0 aliphatic carbocycles. The van der Waals surface area contributed by atoms with E-state index in [1.807, 2.05) is 0 Å². The van der Waals surface area contributed by atoms with E-state index in [2.05, 4.69) is 63.2 Å². The molecule has 1 heteroatoms. The van der Waals surface area contributed by atoms with Crippen LogP contribution in [0.2, 0.25) is 0 Å². The van der Waals surface area contributed by atoms with Crippen molar-refractivity contribution in [2.45, 2.75) is 39.5 Å². The summed E-state index contributed by atoms with van der Waals surface area (Å²) in [6.45, 7) is 8.47. The second kappa shape index (κ2) is 7.44. The van der Waals surface area contributed by atoms with E-state index < -0.39 is 0 Å². The lowest BCUT2D eigenvalue weighted by Gasteiger charge is -2.15. The molecule has 0 amide bonds. The van der Waals surface area contributed by atoms with E-state index >= 15 is 0 Å². The van der Waals surface area contributed by atoms with Crippen LogP contribution in [0.1, 0.15) is 45.1 Å². The molecule has 2 rings (SSSR count). The zero-order valence-corrected chi connectivity index (χ0v) is 12.9. The summed E-state index contributed by atoms with van der Waals surface area (Å²) < 4.78 is 5.67. The fourth-order valence-electron chi connectivity index (χ4n) is 2.65. The van der Waals surface area contributed by atoms with Crippen LogP contribution in [0.5, 0.6) is 0 Å². The summed E-state index contributed by atoms with van der Waals surface area (Å²) in [5.74, 6) is 1.22. The minimum atomic E-state index is 0.587. The van der Waals surface area contributed by atoms with Gasteiger partial charge in [-0.05, 0) is 41.0 Å². The molecule has 0 fully saturated rings. The van der Waals surface area contributed by atoms with Gasteiger partial charge in [0, 0.05) is 13.2 Å². The quantitative estimate of drug-likeness (QED) is 0.612. The third kappa shape index (κ3) is 4.08. The maximum Gasteiger partial charge on any atom is 0.0488 e. The lowest BCUT2D eigenvalue weighted by molar-refractivity contribution is 0.106. The molecule has 0 spiro atoms.